The van der Waals surface area contributed by atoms with Crippen LogP contribution < -0.4 is 5.43 Å². The van der Waals surface area contributed by atoms with Crippen molar-refractivity contribution in [3.05, 3.63) is 10.7 Å². The lowest BCUT2D eigenvalue weighted by atomic mass is 10.3. The summed E-state index contributed by atoms with van der Waals surface area (Å²) in [6, 6.07) is -0.362. The first-order valence-corrected chi connectivity index (χ1v) is 3.89. The molecule has 0 spiro atoms. The maximum absolute atomic E-state index is 10.9. The molecule has 1 rings (SSSR count). The number of hydrogen-bond acceptors (Lipinski definition) is 4. The quantitative estimate of drug-likeness (QED) is 0.507. The third-order valence-electron chi connectivity index (χ3n) is 1.41. The summed E-state index contributed by atoms with van der Waals surface area (Å²) in [4.78, 5) is 10.9. The molecule has 1 atom stereocenters. The van der Waals surface area contributed by atoms with Gasteiger partial charge in [0.25, 0.3) is 0 Å². The zero-order valence-electron chi connectivity index (χ0n) is 6.30. The largest absolute Gasteiger partial charge is 0.468 e. The minimum absolute atomic E-state index is 0.286. The zero-order chi connectivity index (χ0) is 8.43. The van der Waals surface area contributed by atoms with Gasteiger partial charge in [-0.2, -0.15) is 0 Å². The third-order valence-corrected chi connectivity index (χ3v) is 2.21. The van der Waals surface area contributed by atoms with Gasteiger partial charge in [0.15, 0.2) is 0 Å². The van der Waals surface area contributed by atoms with Gasteiger partial charge >= 0.3 is 5.97 Å². The first-order chi connectivity index (χ1) is 5.15. The molecule has 0 radical (unpaired) electrons. The number of hydrazine groups is 1. The van der Waals surface area contributed by atoms with Gasteiger partial charge in [0.2, 0.25) is 0 Å². The predicted molar refractivity (Wildman–Crippen MR) is 43.7 cm³/mol. The van der Waals surface area contributed by atoms with E-state index in [1.165, 1.54) is 7.11 Å². The number of ether oxygens (including phenoxy) is 1. The number of carbonyl (C=O) groups excluding carboxylic acids is 1. The Balaban J connectivity index is 2.60. The highest BCUT2D eigenvalue weighted by Gasteiger charge is 2.24. The molecule has 1 N–H and O–H groups in total. The average Bonchev–Trinajstić information content (AvgIpc) is 2.31. The summed E-state index contributed by atoms with van der Waals surface area (Å²) in [7, 11) is 3.17. The van der Waals surface area contributed by atoms with E-state index in [9.17, 15) is 4.79 Å². The van der Waals surface area contributed by atoms with E-state index in [1.807, 2.05) is 7.05 Å². The van der Waals surface area contributed by atoms with E-state index in [1.54, 1.807) is 11.1 Å². The smallest absolute Gasteiger partial charge is 0.328 e. The fourth-order valence-corrected chi connectivity index (χ4v) is 1.17. The number of carbonyl (C=O) groups is 1. The lowest BCUT2D eigenvalue weighted by Gasteiger charge is -2.13. The van der Waals surface area contributed by atoms with Crippen LogP contribution in [0.1, 0.15) is 0 Å². The Morgan fingerprint density at radius 2 is 2.55 bits per heavy atom. The van der Waals surface area contributed by atoms with Crippen molar-refractivity contribution in [2.75, 3.05) is 14.2 Å². The van der Waals surface area contributed by atoms with Crippen LogP contribution in [0.5, 0.6) is 0 Å². The van der Waals surface area contributed by atoms with Crippen molar-refractivity contribution in [1.29, 1.82) is 0 Å². The van der Waals surface area contributed by atoms with Crippen molar-refractivity contribution in [3.8, 4) is 0 Å². The van der Waals surface area contributed by atoms with Gasteiger partial charge in [-0.3, -0.25) is 0 Å². The van der Waals surface area contributed by atoms with E-state index >= 15 is 0 Å². The minimum atomic E-state index is -0.362. The average molecular weight is 221 g/mol. The Labute approximate surface area is 73.3 Å². The Hall–Kier alpha value is -0.550. The summed E-state index contributed by atoms with van der Waals surface area (Å²) >= 11 is 3.26. The fraction of sp³-hybridized carbons (Fsp3) is 0.500. The maximum Gasteiger partial charge on any atom is 0.328 e. The summed E-state index contributed by atoms with van der Waals surface area (Å²) in [6.45, 7) is 0. The van der Waals surface area contributed by atoms with Gasteiger partial charge in [-0.25, -0.2) is 10.2 Å². The molecule has 0 aromatic carbocycles. The molecular weight excluding hydrogens is 212 g/mol. The molecule has 4 nitrogen and oxygen atoms in total. The van der Waals surface area contributed by atoms with Gasteiger partial charge in [-0.1, -0.05) is 0 Å². The number of hydrogen-bond donors (Lipinski definition) is 1. The van der Waals surface area contributed by atoms with Crippen molar-refractivity contribution in [1.82, 2.24) is 10.4 Å². The molecule has 0 aliphatic carbocycles. The standard InChI is InChI=1S/C6H9BrN2O2/c1-9-5(7)3-4(8-9)6(10)11-2/h3-4,8H,1-2H3. The van der Waals surface area contributed by atoms with Crippen LogP contribution in [0, 0.1) is 0 Å². The van der Waals surface area contributed by atoms with Gasteiger partial charge in [-0.05, 0) is 22.0 Å². The highest BCUT2D eigenvalue weighted by molar-refractivity contribution is 9.11. The van der Waals surface area contributed by atoms with Crippen LogP contribution in [-0.2, 0) is 9.53 Å². The number of rotatable bonds is 1. The van der Waals surface area contributed by atoms with Gasteiger partial charge < -0.3 is 9.75 Å². The van der Waals surface area contributed by atoms with Crippen LogP contribution in [-0.4, -0.2) is 31.2 Å². The third kappa shape index (κ3) is 1.72. The Morgan fingerprint density at radius 3 is 2.91 bits per heavy atom. The molecule has 0 aromatic heterocycles. The molecule has 0 aromatic rings. The molecule has 0 saturated heterocycles. The molecule has 1 heterocycles. The number of nitrogens with one attached hydrogen (secondary N) is 1. The highest BCUT2D eigenvalue weighted by atomic mass is 79.9. The summed E-state index contributed by atoms with van der Waals surface area (Å²) in [6.07, 6.45) is 1.74. The number of nitrogens with zero attached hydrogens (tertiary/aromatic N) is 1. The second kappa shape index (κ2) is 3.23. The van der Waals surface area contributed by atoms with Crippen LogP contribution in [0.3, 0.4) is 0 Å². The lowest BCUT2D eigenvalue weighted by molar-refractivity contribution is -0.142. The SMILES string of the molecule is COC(=O)C1C=C(Br)N(C)N1. The summed E-state index contributed by atoms with van der Waals surface area (Å²) in [5, 5.41) is 1.71. The van der Waals surface area contributed by atoms with Crippen LogP contribution in [0.15, 0.2) is 10.7 Å². The molecule has 1 aliphatic heterocycles. The Bertz CT molecular complexity index is 205. The van der Waals surface area contributed by atoms with E-state index in [2.05, 4.69) is 26.1 Å². The first kappa shape index (κ1) is 8.55. The Kier molecular flexibility index (Phi) is 2.51. The second-order valence-electron chi connectivity index (χ2n) is 2.18. The van der Waals surface area contributed by atoms with E-state index in [-0.39, 0.29) is 12.0 Å². The van der Waals surface area contributed by atoms with Crippen molar-refractivity contribution >= 4 is 21.9 Å². The first-order valence-electron chi connectivity index (χ1n) is 3.10. The molecule has 0 fully saturated rings. The monoisotopic (exact) mass is 220 g/mol. The van der Waals surface area contributed by atoms with Crippen LogP contribution >= 0.6 is 15.9 Å². The molecule has 5 heteroatoms. The van der Waals surface area contributed by atoms with Crippen LogP contribution in [0.25, 0.3) is 0 Å². The van der Waals surface area contributed by atoms with E-state index in [0.717, 1.165) is 4.61 Å². The van der Waals surface area contributed by atoms with E-state index in [4.69, 9.17) is 0 Å². The molecule has 0 amide bonds. The fourth-order valence-electron chi connectivity index (χ4n) is 0.805. The lowest BCUT2D eigenvalue weighted by Crippen LogP contribution is -2.38. The topological polar surface area (TPSA) is 41.6 Å². The molecule has 11 heavy (non-hydrogen) atoms. The van der Waals surface area contributed by atoms with Gasteiger partial charge in [0.05, 0.1) is 11.7 Å². The summed E-state index contributed by atoms with van der Waals surface area (Å²) in [5.41, 5.74) is 2.87. The zero-order valence-corrected chi connectivity index (χ0v) is 7.88. The van der Waals surface area contributed by atoms with Gasteiger partial charge in [-0.15, -0.1) is 0 Å². The molecule has 0 bridgehead atoms. The van der Waals surface area contributed by atoms with Crippen molar-refractivity contribution in [2.24, 2.45) is 0 Å². The van der Waals surface area contributed by atoms with Crippen LogP contribution in [0.4, 0.5) is 0 Å². The van der Waals surface area contributed by atoms with E-state index < -0.39 is 0 Å². The van der Waals surface area contributed by atoms with Crippen molar-refractivity contribution in [3.63, 3.8) is 0 Å². The second-order valence-corrected chi connectivity index (χ2v) is 2.99. The number of halogens is 1. The Morgan fingerprint density at radius 1 is 1.91 bits per heavy atom. The van der Waals surface area contributed by atoms with Crippen molar-refractivity contribution in [2.45, 2.75) is 6.04 Å². The normalized spacial score (nSPS) is 23.4. The molecule has 1 aliphatic rings. The summed E-state index contributed by atoms with van der Waals surface area (Å²) < 4.78 is 5.38. The molecular formula is C6H9BrN2O2. The van der Waals surface area contributed by atoms with Crippen LogP contribution in [0.2, 0.25) is 0 Å². The van der Waals surface area contributed by atoms with Crippen molar-refractivity contribution < 1.29 is 9.53 Å². The maximum atomic E-state index is 10.9. The van der Waals surface area contributed by atoms with E-state index in [0.29, 0.717) is 0 Å². The number of esters is 1. The van der Waals surface area contributed by atoms with Gasteiger partial charge in [0.1, 0.15) is 6.04 Å². The predicted octanol–water partition coefficient (Wildman–Crippen LogP) is 0.214. The molecule has 1 unspecified atom stereocenters. The molecule has 0 saturated carbocycles. The van der Waals surface area contributed by atoms with Gasteiger partial charge in [0, 0.05) is 7.05 Å². The highest BCUT2D eigenvalue weighted by Crippen LogP contribution is 2.15. The minimum Gasteiger partial charge on any atom is -0.468 e. The molecule has 62 valence electrons. The number of methoxy groups -OCH3 is 1. The summed E-state index contributed by atoms with van der Waals surface area (Å²) in [5.74, 6) is -0.286.